The zero-order valence-corrected chi connectivity index (χ0v) is 16.4. The van der Waals surface area contributed by atoms with E-state index in [0.29, 0.717) is 36.8 Å². The Hall–Kier alpha value is -2.74. The highest BCUT2D eigenvalue weighted by Crippen LogP contribution is 2.30. The molecule has 3 unspecified atom stereocenters. The van der Waals surface area contributed by atoms with E-state index in [4.69, 9.17) is 9.47 Å². The molecule has 2 N–H and O–H groups in total. The molecule has 0 aromatic heterocycles. The molecule has 0 saturated carbocycles. The number of nitrogens with one attached hydrogen (secondary N) is 2. The summed E-state index contributed by atoms with van der Waals surface area (Å²) in [5.41, 5.74) is 0.886. The Labute approximate surface area is 172 Å². The molecule has 1 fully saturated rings. The second-order valence-electron chi connectivity index (χ2n) is 6.96. The molecule has 0 radical (unpaired) electrons. The fourth-order valence-corrected chi connectivity index (χ4v) is 4.41. The van der Waals surface area contributed by atoms with Crippen molar-refractivity contribution >= 4 is 23.6 Å². The first-order valence-corrected chi connectivity index (χ1v) is 10.5. The molecule has 3 atom stereocenters. The van der Waals surface area contributed by atoms with Crippen LogP contribution in [0, 0.1) is 5.82 Å². The molecule has 152 valence electrons. The van der Waals surface area contributed by atoms with Crippen molar-refractivity contribution in [1.82, 2.24) is 10.6 Å². The maximum Gasteiger partial charge on any atom is 0.243 e. The van der Waals surface area contributed by atoms with Gasteiger partial charge in [0.05, 0.1) is 11.8 Å². The molecule has 2 aromatic rings. The predicted molar refractivity (Wildman–Crippen MR) is 108 cm³/mol. The molecule has 2 aliphatic heterocycles. The Kier molecular flexibility index (Phi) is 5.89. The molecule has 29 heavy (non-hydrogen) atoms. The van der Waals surface area contributed by atoms with Crippen LogP contribution in [0.3, 0.4) is 0 Å². The number of para-hydroxylation sites is 2. The largest absolute Gasteiger partial charge is 0.486 e. The number of carbonyl (C=O) groups is 2. The van der Waals surface area contributed by atoms with E-state index < -0.39 is 6.04 Å². The van der Waals surface area contributed by atoms with Gasteiger partial charge in [0.1, 0.15) is 24.6 Å². The van der Waals surface area contributed by atoms with Gasteiger partial charge >= 0.3 is 0 Å². The lowest BCUT2D eigenvalue weighted by Crippen LogP contribution is -2.55. The van der Waals surface area contributed by atoms with Gasteiger partial charge in [0.2, 0.25) is 11.8 Å². The van der Waals surface area contributed by atoms with Crippen LogP contribution in [0.2, 0.25) is 0 Å². The summed E-state index contributed by atoms with van der Waals surface area (Å²) >= 11 is 1.44. The summed E-state index contributed by atoms with van der Waals surface area (Å²) in [7, 11) is 0. The third-order valence-corrected chi connectivity index (χ3v) is 6.10. The van der Waals surface area contributed by atoms with Gasteiger partial charge in [0.25, 0.3) is 0 Å². The summed E-state index contributed by atoms with van der Waals surface area (Å²) in [5, 5.41) is 5.32. The Bertz CT molecular complexity index is 893. The van der Waals surface area contributed by atoms with Gasteiger partial charge in [-0.3, -0.25) is 9.59 Å². The summed E-state index contributed by atoms with van der Waals surface area (Å²) in [5.74, 6) is 1.10. The van der Waals surface area contributed by atoms with Crippen molar-refractivity contribution in [3.63, 3.8) is 0 Å². The molecule has 2 heterocycles. The van der Waals surface area contributed by atoms with Crippen LogP contribution in [-0.4, -0.2) is 48.1 Å². The number of thioether (sulfide) groups is 1. The van der Waals surface area contributed by atoms with Crippen LogP contribution in [0.5, 0.6) is 11.5 Å². The van der Waals surface area contributed by atoms with Gasteiger partial charge in [-0.15, -0.1) is 11.8 Å². The lowest BCUT2D eigenvalue weighted by Gasteiger charge is -2.30. The van der Waals surface area contributed by atoms with E-state index in [1.165, 1.54) is 23.9 Å². The molecule has 2 aromatic carbocycles. The van der Waals surface area contributed by atoms with Crippen LogP contribution < -0.4 is 20.1 Å². The van der Waals surface area contributed by atoms with Crippen molar-refractivity contribution in [2.45, 2.75) is 23.8 Å². The number of amides is 2. The minimum absolute atomic E-state index is 0.183. The van der Waals surface area contributed by atoms with Crippen molar-refractivity contribution in [2.75, 3.05) is 18.9 Å². The molecule has 2 amide bonds. The van der Waals surface area contributed by atoms with Crippen molar-refractivity contribution in [3.8, 4) is 11.5 Å². The number of ether oxygens (including phenoxy) is 2. The summed E-state index contributed by atoms with van der Waals surface area (Å²) in [6.45, 7) is 0.645. The first-order chi connectivity index (χ1) is 14.1. The van der Waals surface area contributed by atoms with E-state index in [9.17, 15) is 14.0 Å². The smallest absolute Gasteiger partial charge is 0.243 e. The minimum atomic E-state index is -0.589. The molecule has 0 spiro atoms. The Balaban J connectivity index is 1.24. The average molecular weight is 416 g/mol. The SMILES string of the molecule is O=C(NCC1COc2ccccc2O1)C1CSC(Cc2ccc(F)cc2)C(=O)N1. The van der Waals surface area contributed by atoms with Gasteiger partial charge in [0, 0.05) is 5.75 Å². The minimum Gasteiger partial charge on any atom is -0.486 e. The van der Waals surface area contributed by atoms with Crippen LogP contribution in [0.15, 0.2) is 48.5 Å². The van der Waals surface area contributed by atoms with E-state index in [0.717, 1.165) is 5.56 Å². The lowest BCUT2D eigenvalue weighted by molar-refractivity contribution is -0.128. The Morgan fingerprint density at radius 2 is 1.93 bits per heavy atom. The number of hydrogen-bond donors (Lipinski definition) is 2. The topological polar surface area (TPSA) is 76.7 Å². The second kappa shape index (κ2) is 8.73. The molecular weight excluding hydrogens is 395 g/mol. The summed E-state index contributed by atoms with van der Waals surface area (Å²) in [4.78, 5) is 24.9. The maximum absolute atomic E-state index is 13.0. The van der Waals surface area contributed by atoms with Crippen LogP contribution in [0.4, 0.5) is 4.39 Å². The van der Waals surface area contributed by atoms with Crippen LogP contribution >= 0.6 is 11.8 Å². The normalized spacial score (nSPS) is 23.2. The fraction of sp³-hybridized carbons (Fsp3) is 0.333. The monoisotopic (exact) mass is 416 g/mol. The van der Waals surface area contributed by atoms with Gasteiger partial charge in [-0.2, -0.15) is 0 Å². The van der Waals surface area contributed by atoms with E-state index >= 15 is 0 Å². The number of rotatable bonds is 5. The molecule has 4 rings (SSSR count). The standard InChI is InChI=1S/C21H21FN2O4S/c22-14-7-5-13(6-8-14)9-19-21(26)24-16(12-29-19)20(25)23-10-15-11-27-17-3-1-2-4-18(17)28-15/h1-8,15-16,19H,9-12H2,(H,23,25)(H,24,26). The average Bonchev–Trinajstić information content (AvgIpc) is 2.74. The summed E-state index contributed by atoms with van der Waals surface area (Å²) in [6.07, 6.45) is 0.213. The van der Waals surface area contributed by atoms with Gasteiger partial charge < -0.3 is 20.1 Å². The molecule has 0 aliphatic carbocycles. The molecule has 8 heteroatoms. The Morgan fingerprint density at radius 3 is 2.69 bits per heavy atom. The van der Waals surface area contributed by atoms with Crippen molar-refractivity contribution in [3.05, 3.63) is 59.9 Å². The van der Waals surface area contributed by atoms with Crippen LogP contribution in [0.25, 0.3) is 0 Å². The predicted octanol–water partition coefficient (Wildman–Crippen LogP) is 1.92. The highest BCUT2D eigenvalue weighted by Gasteiger charge is 2.33. The summed E-state index contributed by atoms with van der Waals surface area (Å²) in [6, 6.07) is 12.9. The van der Waals surface area contributed by atoms with E-state index in [2.05, 4.69) is 10.6 Å². The van der Waals surface area contributed by atoms with Crippen LogP contribution in [-0.2, 0) is 16.0 Å². The third-order valence-electron chi connectivity index (χ3n) is 4.80. The quantitative estimate of drug-likeness (QED) is 0.779. The van der Waals surface area contributed by atoms with Gasteiger partial charge in [0.15, 0.2) is 11.5 Å². The fourth-order valence-electron chi connectivity index (χ4n) is 3.22. The summed E-state index contributed by atoms with van der Waals surface area (Å²) < 4.78 is 24.5. The third kappa shape index (κ3) is 4.82. The molecule has 1 saturated heterocycles. The van der Waals surface area contributed by atoms with E-state index in [1.54, 1.807) is 12.1 Å². The number of fused-ring (bicyclic) bond motifs is 1. The van der Waals surface area contributed by atoms with E-state index in [1.807, 2.05) is 24.3 Å². The number of hydrogen-bond acceptors (Lipinski definition) is 5. The first kappa shape index (κ1) is 19.6. The van der Waals surface area contributed by atoms with Crippen molar-refractivity contribution < 1.29 is 23.5 Å². The highest BCUT2D eigenvalue weighted by molar-refractivity contribution is 8.00. The van der Waals surface area contributed by atoms with E-state index in [-0.39, 0.29) is 29.0 Å². The zero-order chi connectivity index (χ0) is 20.2. The zero-order valence-electron chi connectivity index (χ0n) is 15.6. The molecular formula is C21H21FN2O4S. The number of carbonyl (C=O) groups excluding carboxylic acids is 2. The number of benzene rings is 2. The second-order valence-corrected chi connectivity index (χ2v) is 8.19. The molecule has 0 bridgehead atoms. The van der Waals surface area contributed by atoms with Gasteiger partial charge in [-0.05, 0) is 36.2 Å². The van der Waals surface area contributed by atoms with Crippen LogP contribution in [0.1, 0.15) is 5.56 Å². The van der Waals surface area contributed by atoms with Gasteiger partial charge in [-0.1, -0.05) is 24.3 Å². The van der Waals surface area contributed by atoms with Crippen molar-refractivity contribution in [2.24, 2.45) is 0 Å². The van der Waals surface area contributed by atoms with Crippen molar-refractivity contribution in [1.29, 1.82) is 0 Å². The lowest BCUT2D eigenvalue weighted by atomic mass is 10.1. The number of halogens is 1. The molecule has 6 nitrogen and oxygen atoms in total. The maximum atomic E-state index is 13.0. The Morgan fingerprint density at radius 1 is 1.17 bits per heavy atom. The highest BCUT2D eigenvalue weighted by atomic mass is 32.2. The first-order valence-electron chi connectivity index (χ1n) is 9.41. The molecule has 2 aliphatic rings. The van der Waals surface area contributed by atoms with Gasteiger partial charge in [-0.25, -0.2) is 4.39 Å².